The largest absolute Gasteiger partial charge is 0.493 e. The van der Waals surface area contributed by atoms with Crippen LogP contribution in [-0.4, -0.2) is 23.4 Å². The van der Waals surface area contributed by atoms with Crippen molar-refractivity contribution in [3.63, 3.8) is 0 Å². The van der Waals surface area contributed by atoms with E-state index in [1.54, 1.807) is 42.6 Å². The molecule has 1 unspecified atom stereocenters. The number of nitrogens with one attached hydrogen (secondary N) is 2. The van der Waals surface area contributed by atoms with Gasteiger partial charge in [-0.3, -0.25) is 14.6 Å². The van der Waals surface area contributed by atoms with E-state index in [1.807, 2.05) is 42.5 Å². The number of aryl methyl sites for hydroxylation is 1. The first-order chi connectivity index (χ1) is 17.2. The lowest BCUT2D eigenvalue weighted by Gasteiger charge is -2.23. The first-order valence-electron chi connectivity index (χ1n) is 11.6. The Kier molecular flexibility index (Phi) is 6.52. The van der Waals surface area contributed by atoms with Gasteiger partial charge in [-0.1, -0.05) is 42.5 Å². The summed E-state index contributed by atoms with van der Waals surface area (Å²) in [7, 11) is 0. The molecule has 2 amide bonds. The fourth-order valence-electron chi connectivity index (χ4n) is 4.22. The molecule has 0 radical (unpaired) electrons. The van der Waals surface area contributed by atoms with Gasteiger partial charge in [0.2, 0.25) is 0 Å². The molecule has 2 N–H and O–H groups in total. The summed E-state index contributed by atoms with van der Waals surface area (Å²) < 4.78 is 5.77. The molecule has 35 heavy (non-hydrogen) atoms. The second kappa shape index (κ2) is 10.2. The lowest BCUT2D eigenvalue weighted by atomic mass is 9.94. The second-order valence-electron chi connectivity index (χ2n) is 8.41. The van der Waals surface area contributed by atoms with E-state index in [0.29, 0.717) is 16.8 Å². The molecule has 174 valence electrons. The number of pyridine rings is 1. The molecule has 1 aliphatic heterocycles. The molecule has 0 aliphatic carbocycles. The van der Waals surface area contributed by atoms with Gasteiger partial charge in [0, 0.05) is 23.6 Å². The number of nitrogens with zero attached hydrogens (tertiary/aromatic N) is 1. The monoisotopic (exact) mass is 463 g/mol. The molecule has 1 aliphatic rings. The minimum atomic E-state index is -0.329. The molecule has 0 spiro atoms. The average molecular weight is 464 g/mol. The molecule has 6 nitrogen and oxygen atoms in total. The normalized spacial score (nSPS) is 13.1. The number of amides is 2. The smallest absolute Gasteiger partial charge is 0.257 e. The maximum atomic E-state index is 13.3. The Morgan fingerprint density at radius 2 is 1.69 bits per heavy atom. The van der Waals surface area contributed by atoms with Gasteiger partial charge in [0.25, 0.3) is 11.8 Å². The highest BCUT2D eigenvalue weighted by molar-refractivity contribution is 6.05. The summed E-state index contributed by atoms with van der Waals surface area (Å²) in [4.78, 5) is 29.8. The van der Waals surface area contributed by atoms with Gasteiger partial charge in [0.15, 0.2) is 0 Å². The van der Waals surface area contributed by atoms with Crippen molar-refractivity contribution in [2.24, 2.45) is 0 Å². The van der Waals surface area contributed by atoms with Crippen LogP contribution in [0.3, 0.4) is 0 Å². The Balaban J connectivity index is 1.39. The number of carbonyl (C=O) groups is 2. The summed E-state index contributed by atoms with van der Waals surface area (Å²) in [6.45, 7) is 0.735. The third-order valence-electron chi connectivity index (χ3n) is 5.98. The molecule has 3 aromatic carbocycles. The van der Waals surface area contributed by atoms with Crippen molar-refractivity contribution in [1.82, 2.24) is 10.3 Å². The number of fused-ring (bicyclic) bond motifs is 1. The van der Waals surface area contributed by atoms with Crippen LogP contribution < -0.4 is 15.4 Å². The van der Waals surface area contributed by atoms with E-state index in [1.165, 1.54) is 6.20 Å². The van der Waals surface area contributed by atoms with Crippen molar-refractivity contribution in [3.8, 4) is 5.75 Å². The maximum absolute atomic E-state index is 13.3. The predicted molar refractivity (Wildman–Crippen MR) is 135 cm³/mol. The van der Waals surface area contributed by atoms with E-state index in [4.69, 9.17) is 4.74 Å². The summed E-state index contributed by atoms with van der Waals surface area (Å²) in [5.41, 5.74) is 4.57. The summed E-state index contributed by atoms with van der Waals surface area (Å²) in [5.74, 6) is 0.398. The van der Waals surface area contributed by atoms with E-state index >= 15 is 0 Å². The maximum Gasteiger partial charge on any atom is 0.257 e. The number of ether oxygens (including phenoxy) is 1. The van der Waals surface area contributed by atoms with Gasteiger partial charge in [-0.15, -0.1) is 0 Å². The lowest BCUT2D eigenvalue weighted by molar-refractivity contribution is 0.0941. The standard InChI is InChI=1S/C29H25N3O3/c33-28(23-9-4-12-25(18-23)31-29(34)24-10-5-15-30-19-24)32-27(20-7-2-1-3-8-20)22-13-14-26-21(17-22)11-6-16-35-26/h1-5,7-10,12-15,17-19,27H,6,11,16H2,(H,31,34)(H,32,33). The van der Waals surface area contributed by atoms with E-state index in [2.05, 4.69) is 21.7 Å². The molecule has 4 aromatic rings. The average Bonchev–Trinajstić information content (AvgIpc) is 2.92. The summed E-state index contributed by atoms with van der Waals surface area (Å²) in [5, 5.41) is 6.01. The molecule has 1 aromatic heterocycles. The van der Waals surface area contributed by atoms with Crippen molar-refractivity contribution < 1.29 is 14.3 Å². The van der Waals surface area contributed by atoms with Gasteiger partial charge in [0.1, 0.15) is 5.75 Å². The van der Waals surface area contributed by atoms with Crippen molar-refractivity contribution in [2.75, 3.05) is 11.9 Å². The zero-order valence-corrected chi connectivity index (χ0v) is 19.1. The van der Waals surface area contributed by atoms with Crippen molar-refractivity contribution in [3.05, 3.63) is 125 Å². The summed E-state index contributed by atoms with van der Waals surface area (Å²) in [6, 6.07) is 26.0. The Hall–Kier alpha value is -4.45. The topological polar surface area (TPSA) is 80.3 Å². The van der Waals surface area contributed by atoms with Gasteiger partial charge in [-0.2, -0.15) is 0 Å². The van der Waals surface area contributed by atoms with Crippen LogP contribution in [0.4, 0.5) is 5.69 Å². The molecule has 2 heterocycles. The van der Waals surface area contributed by atoms with Crippen LogP contribution in [0.5, 0.6) is 5.75 Å². The first kappa shape index (κ1) is 22.3. The molecule has 0 saturated heterocycles. The second-order valence-corrected chi connectivity index (χ2v) is 8.41. The van der Waals surface area contributed by atoms with Crippen LogP contribution in [0.15, 0.2) is 97.3 Å². The van der Waals surface area contributed by atoms with Crippen molar-refractivity contribution >= 4 is 17.5 Å². The molecule has 0 bridgehead atoms. The van der Waals surface area contributed by atoms with Crippen LogP contribution >= 0.6 is 0 Å². The van der Waals surface area contributed by atoms with E-state index in [0.717, 1.165) is 41.9 Å². The Morgan fingerprint density at radius 1 is 0.829 bits per heavy atom. The number of carbonyl (C=O) groups excluding carboxylic acids is 2. The Bertz CT molecular complexity index is 1340. The highest BCUT2D eigenvalue weighted by atomic mass is 16.5. The van der Waals surface area contributed by atoms with Gasteiger partial charge < -0.3 is 15.4 Å². The van der Waals surface area contributed by atoms with Crippen LogP contribution in [0.25, 0.3) is 0 Å². The predicted octanol–water partition coefficient (Wildman–Crippen LogP) is 5.18. The van der Waals surface area contributed by atoms with Gasteiger partial charge in [-0.25, -0.2) is 0 Å². The van der Waals surface area contributed by atoms with Crippen LogP contribution in [0.2, 0.25) is 0 Å². The van der Waals surface area contributed by atoms with Gasteiger partial charge in [0.05, 0.1) is 18.2 Å². The quantitative estimate of drug-likeness (QED) is 0.413. The van der Waals surface area contributed by atoms with Crippen LogP contribution in [-0.2, 0) is 6.42 Å². The van der Waals surface area contributed by atoms with Crippen molar-refractivity contribution in [2.45, 2.75) is 18.9 Å². The minimum Gasteiger partial charge on any atom is -0.493 e. The summed E-state index contributed by atoms with van der Waals surface area (Å²) in [6.07, 6.45) is 5.05. The molecule has 5 rings (SSSR count). The molecule has 0 saturated carbocycles. The lowest BCUT2D eigenvalue weighted by Crippen LogP contribution is -2.29. The SMILES string of the molecule is O=C(Nc1cccc(C(=O)NC(c2ccccc2)c2ccc3c(c2)CCCO3)c1)c1cccnc1. The third kappa shape index (κ3) is 5.22. The zero-order valence-electron chi connectivity index (χ0n) is 19.1. The van der Waals surface area contributed by atoms with E-state index in [-0.39, 0.29) is 17.9 Å². The number of aromatic nitrogens is 1. The first-order valence-corrected chi connectivity index (χ1v) is 11.6. The Morgan fingerprint density at radius 3 is 2.51 bits per heavy atom. The number of hydrogen-bond donors (Lipinski definition) is 2. The zero-order chi connectivity index (χ0) is 24.0. The van der Waals surface area contributed by atoms with E-state index < -0.39 is 0 Å². The Labute approximate surface area is 204 Å². The van der Waals surface area contributed by atoms with E-state index in [9.17, 15) is 9.59 Å². The van der Waals surface area contributed by atoms with Crippen LogP contribution in [0, 0.1) is 0 Å². The molecular formula is C29H25N3O3. The molecule has 6 heteroatoms. The van der Waals surface area contributed by atoms with Gasteiger partial charge in [-0.05, 0) is 72.0 Å². The third-order valence-corrected chi connectivity index (χ3v) is 5.98. The fourth-order valence-corrected chi connectivity index (χ4v) is 4.22. The highest BCUT2D eigenvalue weighted by Gasteiger charge is 2.21. The fraction of sp³-hybridized carbons (Fsp3) is 0.138. The number of anilines is 1. The minimum absolute atomic E-state index is 0.231. The highest BCUT2D eigenvalue weighted by Crippen LogP contribution is 2.30. The number of benzene rings is 3. The van der Waals surface area contributed by atoms with Crippen LogP contribution in [0.1, 0.15) is 49.9 Å². The van der Waals surface area contributed by atoms with Gasteiger partial charge >= 0.3 is 0 Å². The molecule has 0 fully saturated rings. The molecule has 1 atom stereocenters. The van der Waals surface area contributed by atoms with Crippen molar-refractivity contribution in [1.29, 1.82) is 0 Å². The molecular weight excluding hydrogens is 438 g/mol. The number of hydrogen-bond acceptors (Lipinski definition) is 4. The number of rotatable bonds is 6. The summed E-state index contributed by atoms with van der Waals surface area (Å²) >= 11 is 0.